The van der Waals surface area contributed by atoms with Gasteiger partial charge in [-0.25, -0.2) is 9.67 Å². The van der Waals surface area contributed by atoms with Gasteiger partial charge in [0.2, 0.25) is 0 Å². The van der Waals surface area contributed by atoms with Crippen LogP contribution in [0.5, 0.6) is 0 Å². The maximum atomic E-state index is 5.54. The first-order chi connectivity index (χ1) is 11.7. The minimum atomic E-state index is 0.249. The zero-order valence-corrected chi connectivity index (χ0v) is 14.3. The topological polar surface area (TPSA) is 76.4 Å². The van der Waals surface area contributed by atoms with E-state index in [0.717, 1.165) is 36.4 Å². The fraction of sp³-hybridized carbons (Fsp3) is 0.375. The molecule has 3 rings (SSSR count). The molecule has 24 heavy (non-hydrogen) atoms. The maximum absolute atomic E-state index is 5.54. The molecule has 0 saturated carbocycles. The van der Waals surface area contributed by atoms with Crippen LogP contribution in [-0.4, -0.2) is 44.8 Å². The zero-order valence-electron chi connectivity index (χ0n) is 13.5. The van der Waals surface area contributed by atoms with Crippen LogP contribution in [-0.2, 0) is 4.74 Å². The van der Waals surface area contributed by atoms with Gasteiger partial charge in [0, 0.05) is 13.2 Å². The lowest BCUT2D eigenvalue weighted by Crippen LogP contribution is -2.37. The van der Waals surface area contributed by atoms with Gasteiger partial charge in [-0.05, 0) is 49.7 Å². The van der Waals surface area contributed by atoms with E-state index in [0.29, 0.717) is 11.7 Å². The lowest BCUT2D eigenvalue weighted by Gasteiger charge is -2.12. The average molecular weight is 344 g/mol. The molecule has 2 aromatic rings. The molecule has 0 bridgehead atoms. The minimum absolute atomic E-state index is 0.249. The normalized spacial score (nSPS) is 17.7. The third-order valence-electron chi connectivity index (χ3n) is 3.81. The van der Waals surface area contributed by atoms with Crippen LogP contribution in [0.25, 0.3) is 5.69 Å². The third-order valence-corrected chi connectivity index (χ3v) is 4.04. The van der Waals surface area contributed by atoms with Crippen molar-refractivity contribution >= 4 is 23.0 Å². The smallest absolute Gasteiger partial charge is 0.187 e. The zero-order chi connectivity index (χ0) is 16.8. The second kappa shape index (κ2) is 7.98. The van der Waals surface area contributed by atoms with E-state index in [4.69, 9.17) is 17.0 Å². The molecule has 1 aromatic carbocycles. The van der Waals surface area contributed by atoms with E-state index in [1.807, 2.05) is 31.2 Å². The molecule has 126 valence electrons. The van der Waals surface area contributed by atoms with E-state index in [1.54, 1.807) is 11.0 Å². The van der Waals surface area contributed by atoms with Gasteiger partial charge in [-0.15, -0.1) is 0 Å². The number of hydrogen-bond acceptors (Lipinski definition) is 5. The van der Waals surface area contributed by atoms with Gasteiger partial charge in [0.15, 0.2) is 5.11 Å². The number of thiocarbonyl (C=S) groups is 1. The van der Waals surface area contributed by atoms with Gasteiger partial charge in [0.25, 0.3) is 0 Å². The summed E-state index contributed by atoms with van der Waals surface area (Å²) < 4.78 is 7.25. The third kappa shape index (κ3) is 4.36. The molecule has 1 aliphatic rings. The van der Waals surface area contributed by atoms with E-state index < -0.39 is 0 Å². The first-order valence-electron chi connectivity index (χ1n) is 7.87. The van der Waals surface area contributed by atoms with Crippen molar-refractivity contribution in [3.8, 4) is 5.69 Å². The molecule has 0 radical (unpaired) electrons. The number of rotatable bonds is 5. The Labute approximate surface area is 146 Å². The lowest BCUT2D eigenvalue weighted by atomic mass is 10.1. The first kappa shape index (κ1) is 16.5. The summed E-state index contributed by atoms with van der Waals surface area (Å²) in [4.78, 5) is 3.94. The fourth-order valence-electron chi connectivity index (χ4n) is 2.45. The Morgan fingerprint density at radius 3 is 2.92 bits per heavy atom. The van der Waals surface area contributed by atoms with Crippen LogP contribution in [0.2, 0.25) is 0 Å². The largest absolute Gasteiger partial charge is 0.376 e. The van der Waals surface area contributed by atoms with Gasteiger partial charge in [0.05, 0.1) is 17.5 Å². The summed E-state index contributed by atoms with van der Waals surface area (Å²) in [6, 6.07) is 7.91. The van der Waals surface area contributed by atoms with Crippen LogP contribution in [0.3, 0.4) is 0 Å². The van der Waals surface area contributed by atoms with Gasteiger partial charge >= 0.3 is 0 Å². The highest BCUT2D eigenvalue weighted by atomic mass is 32.1. The second-order valence-electron chi connectivity index (χ2n) is 5.54. The van der Waals surface area contributed by atoms with Crippen molar-refractivity contribution in [2.45, 2.75) is 25.9 Å². The van der Waals surface area contributed by atoms with E-state index in [1.165, 1.54) is 6.33 Å². The van der Waals surface area contributed by atoms with Crippen molar-refractivity contribution in [3.63, 3.8) is 0 Å². The van der Waals surface area contributed by atoms with Crippen molar-refractivity contribution < 1.29 is 4.74 Å². The van der Waals surface area contributed by atoms with Gasteiger partial charge < -0.3 is 10.1 Å². The Morgan fingerprint density at radius 1 is 1.42 bits per heavy atom. The minimum Gasteiger partial charge on any atom is -0.376 e. The monoisotopic (exact) mass is 344 g/mol. The van der Waals surface area contributed by atoms with Crippen molar-refractivity contribution in [1.29, 1.82) is 0 Å². The first-order valence-corrected chi connectivity index (χ1v) is 8.28. The number of nitrogens with one attached hydrogen (secondary N) is 2. The van der Waals surface area contributed by atoms with Crippen LogP contribution >= 0.6 is 12.2 Å². The van der Waals surface area contributed by atoms with Gasteiger partial charge in [-0.2, -0.15) is 10.2 Å². The molecule has 8 heteroatoms. The molecule has 1 saturated heterocycles. The predicted octanol–water partition coefficient (Wildman–Crippen LogP) is 1.63. The molecule has 7 nitrogen and oxygen atoms in total. The Bertz CT molecular complexity index is 692. The summed E-state index contributed by atoms with van der Waals surface area (Å²) in [6.45, 7) is 3.49. The Hall–Kier alpha value is -2.32. The standard InChI is InChI=1S/C16H20N6OS/c1-12(20-21-16(24)18-9-15-3-2-8-23-15)13-4-6-14(7-5-13)22-11-17-10-19-22/h4-7,10-11,15H,2-3,8-9H2,1H3,(H2,18,21,24)/b20-12-. The molecular weight excluding hydrogens is 324 g/mol. The molecule has 1 aliphatic heterocycles. The number of ether oxygens (including phenoxy) is 1. The molecule has 1 unspecified atom stereocenters. The van der Waals surface area contributed by atoms with Crippen LogP contribution in [0.15, 0.2) is 42.0 Å². The van der Waals surface area contributed by atoms with E-state index in [2.05, 4.69) is 25.9 Å². The summed E-state index contributed by atoms with van der Waals surface area (Å²) in [5, 5.41) is 12.1. The molecule has 1 fully saturated rings. The predicted molar refractivity (Wildman–Crippen MR) is 96.3 cm³/mol. The molecule has 2 N–H and O–H groups in total. The number of hydrogen-bond donors (Lipinski definition) is 2. The van der Waals surface area contributed by atoms with Crippen LogP contribution < -0.4 is 10.7 Å². The van der Waals surface area contributed by atoms with E-state index in [-0.39, 0.29) is 6.10 Å². The summed E-state index contributed by atoms with van der Waals surface area (Å²) in [7, 11) is 0. The number of aromatic nitrogens is 3. The van der Waals surface area contributed by atoms with Crippen molar-refractivity contribution in [3.05, 3.63) is 42.5 Å². The number of hydrazone groups is 1. The van der Waals surface area contributed by atoms with Crippen molar-refractivity contribution in [1.82, 2.24) is 25.5 Å². The summed E-state index contributed by atoms with van der Waals surface area (Å²) >= 11 is 5.23. The lowest BCUT2D eigenvalue weighted by molar-refractivity contribution is 0.114. The summed E-state index contributed by atoms with van der Waals surface area (Å²) in [6.07, 6.45) is 5.62. The van der Waals surface area contributed by atoms with Crippen LogP contribution in [0, 0.1) is 0 Å². The van der Waals surface area contributed by atoms with Crippen molar-refractivity contribution in [2.75, 3.05) is 13.2 Å². The van der Waals surface area contributed by atoms with Crippen LogP contribution in [0.1, 0.15) is 25.3 Å². The molecular formula is C16H20N6OS. The van der Waals surface area contributed by atoms with Crippen LogP contribution in [0.4, 0.5) is 0 Å². The van der Waals surface area contributed by atoms with E-state index in [9.17, 15) is 0 Å². The highest BCUT2D eigenvalue weighted by Gasteiger charge is 2.15. The molecule has 1 aromatic heterocycles. The van der Waals surface area contributed by atoms with Crippen molar-refractivity contribution in [2.24, 2.45) is 5.10 Å². The highest BCUT2D eigenvalue weighted by molar-refractivity contribution is 7.80. The molecule has 2 heterocycles. The number of benzene rings is 1. The van der Waals surface area contributed by atoms with Gasteiger partial charge in [0.1, 0.15) is 12.7 Å². The van der Waals surface area contributed by atoms with Gasteiger partial charge in [-0.1, -0.05) is 12.1 Å². The van der Waals surface area contributed by atoms with E-state index >= 15 is 0 Å². The van der Waals surface area contributed by atoms with Gasteiger partial charge in [-0.3, -0.25) is 5.43 Å². The molecule has 1 atom stereocenters. The summed E-state index contributed by atoms with van der Waals surface area (Å²) in [5.41, 5.74) is 5.68. The molecule has 0 spiro atoms. The summed E-state index contributed by atoms with van der Waals surface area (Å²) in [5.74, 6) is 0. The molecule has 0 amide bonds. The maximum Gasteiger partial charge on any atom is 0.187 e. The second-order valence-corrected chi connectivity index (χ2v) is 5.95. The Kier molecular flexibility index (Phi) is 5.50. The Morgan fingerprint density at radius 2 is 2.25 bits per heavy atom. The molecule has 0 aliphatic carbocycles. The highest BCUT2D eigenvalue weighted by Crippen LogP contribution is 2.10. The average Bonchev–Trinajstić information content (AvgIpc) is 3.31. The quantitative estimate of drug-likeness (QED) is 0.488. The fourth-order valence-corrected chi connectivity index (χ4v) is 2.58. The Balaban J connectivity index is 1.52. The SMILES string of the molecule is C/C(=N/NC(=S)NCC1CCCO1)c1ccc(-n2cncn2)cc1. The number of nitrogens with zero attached hydrogens (tertiary/aromatic N) is 4.